The summed E-state index contributed by atoms with van der Waals surface area (Å²) in [6.45, 7) is 2.21. The molecule has 6 nitrogen and oxygen atoms in total. The van der Waals surface area contributed by atoms with E-state index in [1.165, 1.54) is 4.90 Å². The summed E-state index contributed by atoms with van der Waals surface area (Å²) in [6.07, 6.45) is 2.03. The molecule has 3 aromatic rings. The highest BCUT2D eigenvalue weighted by molar-refractivity contribution is 7.98. The van der Waals surface area contributed by atoms with E-state index in [0.717, 1.165) is 16.8 Å². The third kappa shape index (κ3) is 3.17. The summed E-state index contributed by atoms with van der Waals surface area (Å²) >= 11 is 1.68. The fourth-order valence-corrected chi connectivity index (χ4v) is 3.20. The van der Waals surface area contributed by atoms with E-state index in [1.54, 1.807) is 16.7 Å². The Balaban J connectivity index is 1.58. The Morgan fingerprint density at radius 2 is 2.00 bits per heavy atom. The van der Waals surface area contributed by atoms with Crippen molar-refractivity contribution in [1.29, 1.82) is 0 Å². The van der Waals surface area contributed by atoms with Gasteiger partial charge in [-0.1, -0.05) is 11.2 Å². The van der Waals surface area contributed by atoms with Crippen LogP contribution in [0.1, 0.15) is 11.5 Å². The van der Waals surface area contributed by atoms with Gasteiger partial charge in [-0.05, 0) is 55.1 Å². The summed E-state index contributed by atoms with van der Waals surface area (Å²) < 4.78 is 10.9. The molecular weight excluding hydrogens is 350 g/mol. The summed E-state index contributed by atoms with van der Waals surface area (Å²) in [4.78, 5) is 19.5. The molecule has 0 radical (unpaired) electrons. The summed E-state index contributed by atoms with van der Waals surface area (Å²) in [5.41, 5.74) is 2.67. The quantitative estimate of drug-likeness (QED) is 0.655. The molecule has 4 rings (SSSR count). The Morgan fingerprint density at radius 3 is 2.77 bits per heavy atom. The van der Waals surface area contributed by atoms with E-state index in [-0.39, 0.29) is 19.1 Å². The van der Waals surface area contributed by atoms with Crippen molar-refractivity contribution in [2.45, 2.75) is 18.4 Å². The number of amides is 1. The van der Waals surface area contributed by atoms with E-state index < -0.39 is 0 Å². The lowest BCUT2D eigenvalue weighted by Gasteiger charge is -2.28. The molecule has 0 saturated heterocycles. The second-order valence-corrected chi connectivity index (χ2v) is 6.86. The topological polar surface area (TPSA) is 68.5 Å². The van der Waals surface area contributed by atoms with Crippen molar-refractivity contribution in [2.24, 2.45) is 0 Å². The van der Waals surface area contributed by atoms with Gasteiger partial charge in [0.1, 0.15) is 12.3 Å². The Morgan fingerprint density at radius 1 is 1.19 bits per heavy atom. The SMILES string of the molecule is CSc1ccc(-c2noc(CN3C(=O)COc4cc(C)ccc43)n2)cc1. The average molecular weight is 367 g/mol. The molecule has 1 aliphatic rings. The van der Waals surface area contributed by atoms with Crippen molar-refractivity contribution in [3.63, 3.8) is 0 Å². The number of nitrogens with zero attached hydrogens (tertiary/aromatic N) is 3. The Labute approximate surface area is 155 Å². The number of aromatic nitrogens is 2. The standard InChI is InChI=1S/C19H17N3O3S/c1-12-3-8-15-16(9-12)24-11-18(23)22(15)10-17-20-19(21-25-17)13-4-6-14(26-2)7-5-13/h3-9H,10-11H2,1-2H3. The lowest BCUT2D eigenvalue weighted by atomic mass is 10.1. The van der Waals surface area contributed by atoms with Crippen LogP contribution in [0.15, 0.2) is 51.9 Å². The maximum atomic E-state index is 12.3. The first kappa shape index (κ1) is 16.7. The molecule has 2 heterocycles. The van der Waals surface area contributed by atoms with Gasteiger partial charge in [-0.15, -0.1) is 11.8 Å². The molecule has 1 aromatic heterocycles. The molecule has 0 N–H and O–H groups in total. The van der Waals surface area contributed by atoms with Crippen molar-refractivity contribution in [1.82, 2.24) is 10.1 Å². The highest BCUT2D eigenvalue weighted by Crippen LogP contribution is 2.33. The fourth-order valence-electron chi connectivity index (χ4n) is 2.80. The molecule has 0 aliphatic carbocycles. The van der Waals surface area contributed by atoms with Crippen LogP contribution in [0.3, 0.4) is 0 Å². The van der Waals surface area contributed by atoms with Gasteiger partial charge in [0.05, 0.1) is 5.69 Å². The molecule has 0 bridgehead atoms. The van der Waals surface area contributed by atoms with Crippen molar-refractivity contribution in [2.75, 3.05) is 17.8 Å². The van der Waals surface area contributed by atoms with Crippen molar-refractivity contribution < 1.29 is 14.1 Å². The number of carbonyl (C=O) groups excluding carboxylic acids is 1. The number of aryl methyl sites for hydroxylation is 1. The summed E-state index contributed by atoms with van der Waals surface area (Å²) in [5.74, 6) is 1.45. The molecule has 0 unspecified atom stereocenters. The molecule has 0 atom stereocenters. The number of ether oxygens (including phenoxy) is 1. The maximum Gasteiger partial charge on any atom is 0.265 e. The van der Waals surface area contributed by atoms with Gasteiger partial charge in [0, 0.05) is 10.5 Å². The van der Waals surface area contributed by atoms with Crippen LogP contribution in [0.4, 0.5) is 5.69 Å². The number of fused-ring (bicyclic) bond motifs is 1. The number of thioether (sulfide) groups is 1. The van der Waals surface area contributed by atoms with Crippen molar-refractivity contribution >= 4 is 23.4 Å². The number of hydrogen-bond donors (Lipinski definition) is 0. The van der Waals surface area contributed by atoms with Crippen LogP contribution in [-0.2, 0) is 11.3 Å². The molecule has 1 aliphatic heterocycles. The second-order valence-electron chi connectivity index (χ2n) is 5.98. The summed E-state index contributed by atoms with van der Waals surface area (Å²) in [5, 5.41) is 4.04. The van der Waals surface area contributed by atoms with E-state index >= 15 is 0 Å². The normalized spacial score (nSPS) is 13.5. The Bertz CT molecular complexity index is 953. The summed E-state index contributed by atoms with van der Waals surface area (Å²) in [6, 6.07) is 13.7. The van der Waals surface area contributed by atoms with Gasteiger partial charge in [0.2, 0.25) is 11.7 Å². The van der Waals surface area contributed by atoms with Crippen LogP contribution < -0.4 is 9.64 Å². The first-order valence-electron chi connectivity index (χ1n) is 8.15. The van der Waals surface area contributed by atoms with Crippen LogP contribution in [0.25, 0.3) is 11.4 Å². The van der Waals surface area contributed by atoms with E-state index in [2.05, 4.69) is 10.1 Å². The molecule has 26 heavy (non-hydrogen) atoms. The predicted octanol–water partition coefficient (Wildman–Crippen LogP) is 3.69. The van der Waals surface area contributed by atoms with Gasteiger partial charge >= 0.3 is 0 Å². The first-order chi connectivity index (χ1) is 12.6. The highest BCUT2D eigenvalue weighted by atomic mass is 32.2. The van der Waals surface area contributed by atoms with Gasteiger partial charge in [-0.25, -0.2) is 0 Å². The molecule has 0 fully saturated rings. The number of rotatable bonds is 4. The van der Waals surface area contributed by atoms with E-state index in [1.807, 2.05) is 55.6 Å². The van der Waals surface area contributed by atoms with Crippen LogP contribution in [0.2, 0.25) is 0 Å². The largest absolute Gasteiger partial charge is 0.482 e. The molecule has 0 spiro atoms. The highest BCUT2D eigenvalue weighted by Gasteiger charge is 2.27. The molecule has 2 aromatic carbocycles. The van der Waals surface area contributed by atoms with Gasteiger partial charge < -0.3 is 9.26 Å². The number of carbonyl (C=O) groups is 1. The molecular formula is C19H17N3O3S. The zero-order valence-electron chi connectivity index (χ0n) is 14.4. The number of hydrogen-bond acceptors (Lipinski definition) is 6. The minimum atomic E-state index is -0.134. The fraction of sp³-hybridized carbons (Fsp3) is 0.211. The van der Waals surface area contributed by atoms with Gasteiger partial charge in [-0.2, -0.15) is 4.98 Å². The van der Waals surface area contributed by atoms with Crippen LogP contribution >= 0.6 is 11.8 Å². The number of benzene rings is 2. The molecule has 0 saturated carbocycles. The second kappa shape index (κ2) is 6.84. The first-order valence-corrected chi connectivity index (χ1v) is 9.37. The van der Waals surface area contributed by atoms with Crippen molar-refractivity contribution in [3.8, 4) is 17.1 Å². The molecule has 132 valence electrons. The summed E-state index contributed by atoms with van der Waals surface area (Å²) in [7, 11) is 0. The van der Waals surface area contributed by atoms with Crippen molar-refractivity contribution in [3.05, 3.63) is 53.9 Å². The third-order valence-electron chi connectivity index (χ3n) is 4.17. The zero-order chi connectivity index (χ0) is 18.1. The minimum absolute atomic E-state index is 0.00753. The van der Waals surface area contributed by atoms with Gasteiger partial charge in [-0.3, -0.25) is 9.69 Å². The monoisotopic (exact) mass is 367 g/mol. The smallest absolute Gasteiger partial charge is 0.265 e. The average Bonchev–Trinajstić information content (AvgIpc) is 3.13. The van der Waals surface area contributed by atoms with E-state index in [4.69, 9.17) is 9.26 Å². The molecule has 1 amide bonds. The zero-order valence-corrected chi connectivity index (χ0v) is 15.2. The minimum Gasteiger partial charge on any atom is -0.482 e. The Kier molecular flexibility index (Phi) is 4.38. The van der Waals surface area contributed by atoms with Crippen LogP contribution in [-0.4, -0.2) is 28.9 Å². The van der Waals surface area contributed by atoms with Crippen LogP contribution in [0.5, 0.6) is 5.75 Å². The van der Waals surface area contributed by atoms with E-state index in [9.17, 15) is 4.79 Å². The number of anilines is 1. The molecule has 7 heteroatoms. The lowest BCUT2D eigenvalue weighted by Crippen LogP contribution is -2.38. The Hall–Kier alpha value is -2.80. The van der Waals surface area contributed by atoms with E-state index in [0.29, 0.717) is 17.5 Å². The van der Waals surface area contributed by atoms with Gasteiger partial charge in [0.25, 0.3) is 5.91 Å². The van der Waals surface area contributed by atoms with Crippen LogP contribution in [0, 0.1) is 6.92 Å². The third-order valence-corrected chi connectivity index (χ3v) is 4.91. The maximum absolute atomic E-state index is 12.3. The lowest BCUT2D eigenvalue weighted by molar-refractivity contribution is -0.121. The van der Waals surface area contributed by atoms with Gasteiger partial charge in [0.15, 0.2) is 6.61 Å². The predicted molar refractivity (Wildman–Crippen MR) is 99.4 cm³/mol.